The van der Waals surface area contributed by atoms with Crippen molar-refractivity contribution in [2.24, 2.45) is 0 Å². The molecule has 2 aromatic rings. The lowest BCUT2D eigenvalue weighted by molar-refractivity contribution is 0.136. The molecule has 1 heterocycles. The molecule has 0 N–H and O–H groups in total. The third-order valence-electron chi connectivity index (χ3n) is 5.12. The minimum absolute atomic E-state index is 0.659. The van der Waals surface area contributed by atoms with E-state index in [9.17, 15) is 0 Å². The highest BCUT2D eigenvalue weighted by Gasteiger charge is 2.20. The van der Waals surface area contributed by atoms with E-state index < -0.39 is 0 Å². The maximum atomic E-state index is 5.62. The van der Waals surface area contributed by atoms with Crippen molar-refractivity contribution in [1.82, 2.24) is 9.80 Å². The smallest absolute Gasteiger partial charge is 0.203 e. The quantitative estimate of drug-likeness (QED) is 0.698. The molecule has 2 aromatic carbocycles. The number of piperazine rings is 1. The van der Waals surface area contributed by atoms with Crippen molar-refractivity contribution in [2.45, 2.75) is 6.54 Å². The van der Waals surface area contributed by atoms with Crippen LogP contribution < -0.4 is 14.2 Å². The van der Waals surface area contributed by atoms with Gasteiger partial charge >= 0.3 is 0 Å². The summed E-state index contributed by atoms with van der Waals surface area (Å²) in [5.41, 5.74) is 2.37. The van der Waals surface area contributed by atoms with E-state index >= 15 is 0 Å². The van der Waals surface area contributed by atoms with Crippen LogP contribution in [-0.4, -0.2) is 63.9 Å². The van der Waals surface area contributed by atoms with Crippen LogP contribution in [0.25, 0.3) is 6.08 Å². The fourth-order valence-corrected chi connectivity index (χ4v) is 3.56. The van der Waals surface area contributed by atoms with Gasteiger partial charge in [-0.25, -0.2) is 0 Å². The highest BCUT2D eigenvalue weighted by Crippen LogP contribution is 2.40. The molecule has 1 aliphatic rings. The van der Waals surface area contributed by atoms with Crippen LogP contribution in [0.4, 0.5) is 0 Å². The van der Waals surface area contributed by atoms with Crippen molar-refractivity contribution in [1.29, 1.82) is 0 Å². The van der Waals surface area contributed by atoms with Gasteiger partial charge in [-0.15, -0.1) is 0 Å². The predicted molar refractivity (Wildman–Crippen MR) is 113 cm³/mol. The summed E-state index contributed by atoms with van der Waals surface area (Å²) in [5, 5.41) is 0. The topological polar surface area (TPSA) is 34.2 Å². The van der Waals surface area contributed by atoms with Crippen LogP contribution in [0.15, 0.2) is 48.5 Å². The molecule has 5 heteroatoms. The first-order valence-corrected chi connectivity index (χ1v) is 9.69. The Kier molecular flexibility index (Phi) is 7.34. The van der Waals surface area contributed by atoms with E-state index in [4.69, 9.17) is 14.2 Å². The number of hydrogen-bond donors (Lipinski definition) is 0. The van der Waals surface area contributed by atoms with E-state index in [2.05, 4.69) is 52.3 Å². The van der Waals surface area contributed by atoms with E-state index in [0.29, 0.717) is 11.5 Å². The fraction of sp³-hybridized carbons (Fsp3) is 0.391. The summed E-state index contributed by atoms with van der Waals surface area (Å²) in [4.78, 5) is 4.95. The number of nitrogens with zero attached hydrogens (tertiary/aromatic N) is 2. The molecule has 5 nitrogen and oxygen atoms in total. The molecule has 1 fully saturated rings. The molecule has 0 bridgehead atoms. The van der Waals surface area contributed by atoms with Crippen LogP contribution in [0.3, 0.4) is 0 Å². The number of benzene rings is 2. The van der Waals surface area contributed by atoms with Gasteiger partial charge in [-0.05, 0) is 11.6 Å². The zero-order valence-corrected chi connectivity index (χ0v) is 17.1. The SMILES string of the molecule is COc1ccc(CN2CCN(C/C=C\c3ccccc3)CC2)c(OC)c1OC. The van der Waals surface area contributed by atoms with E-state index in [1.807, 2.05) is 12.1 Å². The Bertz CT molecular complexity index is 769. The molecule has 0 saturated carbocycles. The van der Waals surface area contributed by atoms with E-state index in [1.54, 1.807) is 21.3 Å². The molecule has 1 saturated heterocycles. The Labute approximate surface area is 168 Å². The predicted octanol–water partition coefficient (Wildman–Crippen LogP) is 3.54. The molecule has 0 radical (unpaired) electrons. The van der Waals surface area contributed by atoms with Crippen LogP contribution in [0, 0.1) is 0 Å². The first-order valence-electron chi connectivity index (χ1n) is 9.69. The van der Waals surface area contributed by atoms with Gasteiger partial charge in [0.05, 0.1) is 21.3 Å². The number of rotatable bonds is 8. The van der Waals surface area contributed by atoms with Gasteiger partial charge in [0.1, 0.15) is 0 Å². The van der Waals surface area contributed by atoms with Crippen LogP contribution in [0.2, 0.25) is 0 Å². The van der Waals surface area contributed by atoms with Gasteiger partial charge in [-0.3, -0.25) is 9.80 Å². The minimum Gasteiger partial charge on any atom is -0.493 e. The Morgan fingerprint density at radius 2 is 1.46 bits per heavy atom. The van der Waals surface area contributed by atoms with Crippen LogP contribution in [-0.2, 0) is 6.54 Å². The number of ether oxygens (including phenoxy) is 3. The van der Waals surface area contributed by atoms with E-state index in [1.165, 1.54) is 5.56 Å². The van der Waals surface area contributed by atoms with E-state index in [0.717, 1.165) is 50.6 Å². The highest BCUT2D eigenvalue weighted by atomic mass is 16.5. The van der Waals surface area contributed by atoms with Crippen molar-refractivity contribution in [3.63, 3.8) is 0 Å². The van der Waals surface area contributed by atoms with Gasteiger partial charge < -0.3 is 14.2 Å². The van der Waals surface area contributed by atoms with Crippen molar-refractivity contribution >= 4 is 6.08 Å². The number of methoxy groups -OCH3 is 3. The first kappa shape index (κ1) is 20.2. The number of hydrogen-bond acceptors (Lipinski definition) is 5. The standard InChI is InChI=1S/C23H30N2O3/c1-26-21-12-11-20(22(27-2)23(21)28-3)18-25-16-14-24(15-17-25)13-7-10-19-8-5-4-6-9-19/h4-12H,13-18H2,1-3H3/b10-7-. The van der Waals surface area contributed by atoms with Crippen molar-refractivity contribution in [3.05, 3.63) is 59.7 Å². The molecule has 0 spiro atoms. The summed E-state index contributed by atoms with van der Waals surface area (Å²) < 4.78 is 16.5. The maximum Gasteiger partial charge on any atom is 0.203 e. The molecule has 3 rings (SSSR count). The normalized spacial score (nSPS) is 15.7. The Balaban J connectivity index is 1.54. The Morgan fingerprint density at radius 3 is 2.11 bits per heavy atom. The molecule has 1 aliphatic heterocycles. The second-order valence-corrected chi connectivity index (χ2v) is 6.88. The van der Waals surface area contributed by atoms with Crippen molar-refractivity contribution in [2.75, 3.05) is 54.1 Å². The van der Waals surface area contributed by atoms with E-state index in [-0.39, 0.29) is 0 Å². The average Bonchev–Trinajstić information content (AvgIpc) is 2.75. The fourth-order valence-electron chi connectivity index (χ4n) is 3.56. The summed E-state index contributed by atoms with van der Waals surface area (Å²) in [7, 11) is 4.96. The Hall–Kier alpha value is -2.50. The van der Waals surface area contributed by atoms with Crippen molar-refractivity contribution in [3.8, 4) is 17.2 Å². The molecule has 28 heavy (non-hydrogen) atoms. The maximum absolute atomic E-state index is 5.62. The summed E-state index contributed by atoms with van der Waals surface area (Å²) >= 11 is 0. The molecule has 150 valence electrons. The average molecular weight is 383 g/mol. The molecular weight excluding hydrogens is 352 g/mol. The summed E-state index contributed by atoms with van der Waals surface area (Å²) in [6, 6.07) is 14.5. The lowest BCUT2D eigenvalue weighted by atomic mass is 10.1. The molecule has 0 atom stereocenters. The zero-order valence-electron chi connectivity index (χ0n) is 17.1. The van der Waals surface area contributed by atoms with Crippen LogP contribution in [0.1, 0.15) is 11.1 Å². The first-order chi connectivity index (χ1) is 13.7. The van der Waals surface area contributed by atoms with Gasteiger partial charge in [-0.1, -0.05) is 48.6 Å². The lowest BCUT2D eigenvalue weighted by Gasteiger charge is -2.34. The monoisotopic (exact) mass is 382 g/mol. The third kappa shape index (κ3) is 5.06. The lowest BCUT2D eigenvalue weighted by Crippen LogP contribution is -2.45. The minimum atomic E-state index is 0.659. The van der Waals surface area contributed by atoms with Gasteiger partial charge in [0.15, 0.2) is 11.5 Å². The molecule has 0 aliphatic carbocycles. The molecule has 0 amide bonds. The second-order valence-electron chi connectivity index (χ2n) is 6.88. The van der Waals surface area contributed by atoms with Crippen molar-refractivity contribution < 1.29 is 14.2 Å². The van der Waals surface area contributed by atoms with Gasteiger partial charge in [-0.2, -0.15) is 0 Å². The summed E-state index contributed by atoms with van der Waals surface area (Å²) in [5.74, 6) is 2.11. The molecular formula is C23H30N2O3. The third-order valence-corrected chi connectivity index (χ3v) is 5.12. The van der Waals surface area contributed by atoms with Crippen LogP contribution in [0.5, 0.6) is 17.2 Å². The van der Waals surface area contributed by atoms with Gasteiger partial charge in [0.2, 0.25) is 5.75 Å². The van der Waals surface area contributed by atoms with Gasteiger partial charge in [0, 0.05) is 44.8 Å². The summed E-state index contributed by atoms with van der Waals surface area (Å²) in [6.07, 6.45) is 4.45. The van der Waals surface area contributed by atoms with Gasteiger partial charge in [0.25, 0.3) is 0 Å². The zero-order chi connectivity index (χ0) is 19.8. The van der Waals surface area contributed by atoms with Crippen LogP contribution >= 0.6 is 0 Å². The largest absolute Gasteiger partial charge is 0.493 e. The molecule has 0 unspecified atom stereocenters. The molecule has 0 aromatic heterocycles. The summed E-state index contributed by atoms with van der Waals surface area (Å²) in [6.45, 7) is 6.04. The Morgan fingerprint density at radius 1 is 0.786 bits per heavy atom. The highest BCUT2D eigenvalue weighted by molar-refractivity contribution is 5.55. The second kappa shape index (κ2) is 10.2.